The molecule has 1 aliphatic rings. The van der Waals surface area contributed by atoms with Crippen LogP contribution in [0, 0.1) is 0 Å². The van der Waals surface area contributed by atoms with E-state index in [1.807, 2.05) is 58.0 Å². The van der Waals surface area contributed by atoms with Gasteiger partial charge in [-0.3, -0.25) is 9.36 Å². The molecule has 1 N–H and O–H groups in total. The first-order chi connectivity index (χ1) is 12.6. The summed E-state index contributed by atoms with van der Waals surface area (Å²) >= 11 is 3.45. The summed E-state index contributed by atoms with van der Waals surface area (Å²) in [6, 6.07) is 15.6. The van der Waals surface area contributed by atoms with E-state index in [1.54, 1.807) is 0 Å². The summed E-state index contributed by atoms with van der Waals surface area (Å²) in [6.07, 6.45) is 2.19. The number of rotatable bonds is 3. The number of fused-ring (bicyclic) bond motifs is 1. The molecule has 6 heteroatoms. The summed E-state index contributed by atoms with van der Waals surface area (Å²) in [5.74, 6) is 0.112. The average Bonchev–Trinajstić information content (AvgIpc) is 2.97. The number of piperidine rings is 1. The lowest BCUT2D eigenvalue weighted by molar-refractivity contribution is -0.132. The van der Waals surface area contributed by atoms with E-state index in [0.29, 0.717) is 13.0 Å². The van der Waals surface area contributed by atoms with Crippen molar-refractivity contribution in [3.05, 3.63) is 69.1 Å². The van der Waals surface area contributed by atoms with Crippen molar-refractivity contribution in [2.24, 2.45) is 0 Å². The summed E-state index contributed by atoms with van der Waals surface area (Å²) in [5.41, 5.74) is 2.65. The van der Waals surface area contributed by atoms with Crippen LogP contribution in [-0.2, 0) is 11.2 Å². The Balaban J connectivity index is 1.54. The third-order valence-electron chi connectivity index (χ3n) is 4.98. The van der Waals surface area contributed by atoms with Crippen LogP contribution in [0.25, 0.3) is 11.0 Å². The third kappa shape index (κ3) is 3.33. The Bertz CT molecular complexity index is 1010. The van der Waals surface area contributed by atoms with Gasteiger partial charge in [0.15, 0.2) is 0 Å². The van der Waals surface area contributed by atoms with Crippen molar-refractivity contribution in [3.63, 3.8) is 0 Å². The number of carbonyl (C=O) groups excluding carboxylic acids is 1. The van der Waals surface area contributed by atoms with Gasteiger partial charge in [0.25, 0.3) is 0 Å². The van der Waals surface area contributed by atoms with Gasteiger partial charge in [0.2, 0.25) is 5.91 Å². The second kappa shape index (κ2) is 7.11. The number of benzene rings is 2. The molecule has 0 radical (unpaired) electrons. The van der Waals surface area contributed by atoms with Crippen molar-refractivity contribution < 1.29 is 4.79 Å². The van der Waals surface area contributed by atoms with Gasteiger partial charge < -0.3 is 9.88 Å². The topological polar surface area (TPSA) is 58.1 Å². The maximum atomic E-state index is 12.8. The quantitative estimate of drug-likeness (QED) is 0.714. The van der Waals surface area contributed by atoms with Gasteiger partial charge in [-0.2, -0.15) is 0 Å². The number of H-pyrrole nitrogens is 1. The zero-order valence-electron chi connectivity index (χ0n) is 14.3. The molecule has 134 valence electrons. The van der Waals surface area contributed by atoms with Crippen LogP contribution in [0.1, 0.15) is 24.4 Å². The minimum atomic E-state index is -0.0995. The Hall–Kier alpha value is -2.34. The van der Waals surface area contributed by atoms with Crippen LogP contribution in [0.3, 0.4) is 0 Å². The molecule has 0 aliphatic carbocycles. The maximum Gasteiger partial charge on any atom is 0.326 e. The molecule has 1 atom stereocenters. The summed E-state index contributed by atoms with van der Waals surface area (Å²) < 4.78 is 2.79. The van der Waals surface area contributed by atoms with Crippen molar-refractivity contribution in [1.82, 2.24) is 14.5 Å². The molecule has 4 rings (SSSR count). The van der Waals surface area contributed by atoms with Crippen LogP contribution in [0.15, 0.2) is 57.8 Å². The van der Waals surface area contributed by atoms with Crippen molar-refractivity contribution in [1.29, 1.82) is 0 Å². The molecule has 2 aromatic carbocycles. The first-order valence-corrected chi connectivity index (χ1v) is 9.62. The number of carbonyl (C=O) groups is 1. The minimum absolute atomic E-state index is 0.0128. The summed E-state index contributed by atoms with van der Waals surface area (Å²) in [7, 11) is 0. The molecule has 0 spiro atoms. The largest absolute Gasteiger partial charge is 0.340 e. The highest BCUT2D eigenvalue weighted by atomic mass is 79.9. The number of para-hydroxylation sites is 2. The zero-order chi connectivity index (χ0) is 18.1. The van der Waals surface area contributed by atoms with Crippen molar-refractivity contribution in [2.45, 2.75) is 25.3 Å². The highest BCUT2D eigenvalue weighted by molar-refractivity contribution is 9.10. The number of hydrogen-bond acceptors (Lipinski definition) is 2. The Morgan fingerprint density at radius 2 is 2.04 bits per heavy atom. The highest BCUT2D eigenvalue weighted by Gasteiger charge is 2.27. The van der Waals surface area contributed by atoms with Gasteiger partial charge in [0.1, 0.15) is 0 Å². The second-order valence-corrected chi connectivity index (χ2v) is 7.68. The lowest BCUT2D eigenvalue weighted by atomic mass is 10.0. The van der Waals surface area contributed by atoms with Crippen LogP contribution in [0.4, 0.5) is 0 Å². The van der Waals surface area contributed by atoms with Gasteiger partial charge in [-0.1, -0.05) is 40.2 Å². The number of nitrogens with zero attached hydrogens (tertiary/aromatic N) is 2. The fourth-order valence-electron chi connectivity index (χ4n) is 3.76. The summed E-state index contributed by atoms with van der Waals surface area (Å²) in [6.45, 7) is 1.33. The molecule has 1 amide bonds. The SMILES string of the molecule is O=C(Cc1cccc(Br)c1)N1CCCC(n2c(=O)[nH]c3ccccc32)C1. The molecular formula is C20H20BrN3O2. The molecule has 1 aromatic heterocycles. The monoisotopic (exact) mass is 413 g/mol. The zero-order valence-corrected chi connectivity index (χ0v) is 15.9. The van der Waals surface area contributed by atoms with Crippen LogP contribution < -0.4 is 5.69 Å². The Kier molecular flexibility index (Phi) is 4.68. The standard InChI is InChI=1S/C20H20BrN3O2/c21-15-6-3-5-14(11-15)12-19(25)23-10-4-7-16(13-23)24-18-9-2-1-8-17(18)22-20(24)26/h1-3,5-6,8-9,11,16H,4,7,10,12-13H2,(H,22,26). The normalized spacial score (nSPS) is 17.6. The van der Waals surface area contributed by atoms with E-state index in [2.05, 4.69) is 20.9 Å². The third-order valence-corrected chi connectivity index (χ3v) is 5.48. The molecule has 3 aromatic rings. The van der Waals surface area contributed by atoms with E-state index < -0.39 is 0 Å². The number of halogens is 1. The Morgan fingerprint density at radius 1 is 1.19 bits per heavy atom. The smallest absolute Gasteiger partial charge is 0.326 e. The van der Waals surface area contributed by atoms with Gasteiger partial charge in [0, 0.05) is 17.6 Å². The summed E-state index contributed by atoms with van der Waals surface area (Å²) in [5, 5.41) is 0. The molecule has 1 fully saturated rings. The molecular weight excluding hydrogens is 394 g/mol. The van der Waals surface area contributed by atoms with Gasteiger partial charge in [-0.25, -0.2) is 4.79 Å². The molecule has 26 heavy (non-hydrogen) atoms. The average molecular weight is 414 g/mol. The highest BCUT2D eigenvalue weighted by Crippen LogP contribution is 2.24. The number of aromatic amines is 1. The number of aromatic nitrogens is 2. The number of imidazole rings is 1. The summed E-state index contributed by atoms with van der Waals surface area (Å²) in [4.78, 5) is 30.0. The number of nitrogens with one attached hydrogen (secondary N) is 1. The number of amides is 1. The first-order valence-electron chi connectivity index (χ1n) is 8.83. The van der Waals surface area contributed by atoms with Crippen LogP contribution >= 0.6 is 15.9 Å². The predicted molar refractivity (Wildman–Crippen MR) is 105 cm³/mol. The molecule has 0 bridgehead atoms. The van der Waals surface area contributed by atoms with Crippen LogP contribution in [0.5, 0.6) is 0 Å². The van der Waals surface area contributed by atoms with E-state index in [4.69, 9.17) is 0 Å². The second-order valence-electron chi connectivity index (χ2n) is 6.76. The lowest BCUT2D eigenvalue weighted by Gasteiger charge is -2.33. The van der Waals surface area contributed by atoms with Gasteiger partial charge >= 0.3 is 5.69 Å². The number of likely N-dealkylation sites (tertiary alicyclic amines) is 1. The van der Waals surface area contributed by atoms with Crippen molar-refractivity contribution >= 4 is 32.9 Å². The van der Waals surface area contributed by atoms with E-state index in [1.165, 1.54) is 0 Å². The molecule has 5 nitrogen and oxygen atoms in total. The van der Waals surface area contributed by atoms with Gasteiger partial charge in [0.05, 0.1) is 23.5 Å². The van der Waals surface area contributed by atoms with E-state index in [-0.39, 0.29) is 17.6 Å². The fourth-order valence-corrected chi connectivity index (χ4v) is 4.21. The molecule has 0 saturated carbocycles. The minimum Gasteiger partial charge on any atom is -0.340 e. The van der Waals surface area contributed by atoms with Crippen molar-refractivity contribution in [3.8, 4) is 0 Å². The maximum absolute atomic E-state index is 12.8. The first kappa shape index (κ1) is 17.1. The Morgan fingerprint density at radius 3 is 2.88 bits per heavy atom. The molecule has 1 saturated heterocycles. The molecule has 2 heterocycles. The van der Waals surface area contributed by atoms with E-state index in [0.717, 1.165) is 40.5 Å². The van der Waals surface area contributed by atoms with Crippen LogP contribution in [0.2, 0.25) is 0 Å². The van der Waals surface area contributed by atoms with E-state index in [9.17, 15) is 9.59 Å². The molecule has 1 aliphatic heterocycles. The Labute approximate surface area is 159 Å². The van der Waals surface area contributed by atoms with Gasteiger partial charge in [-0.05, 0) is 42.7 Å². The van der Waals surface area contributed by atoms with Crippen LogP contribution in [-0.4, -0.2) is 33.4 Å². The molecule has 1 unspecified atom stereocenters. The number of hydrogen-bond donors (Lipinski definition) is 1. The van der Waals surface area contributed by atoms with E-state index >= 15 is 0 Å². The van der Waals surface area contributed by atoms with Crippen molar-refractivity contribution in [2.75, 3.05) is 13.1 Å². The predicted octanol–water partition coefficient (Wildman–Crippen LogP) is 3.50. The fraction of sp³-hybridized carbons (Fsp3) is 0.300. The van der Waals surface area contributed by atoms with Gasteiger partial charge in [-0.15, -0.1) is 0 Å². The lowest BCUT2D eigenvalue weighted by Crippen LogP contribution is -2.43.